The van der Waals surface area contributed by atoms with Gasteiger partial charge >= 0.3 is 0 Å². The summed E-state index contributed by atoms with van der Waals surface area (Å²) in [6, 6.07) is 44.4. The first-order chi connectivity index (χ1) is 30.6. The van der Waals surface area contributed by atoms with E-state index in [1.807, 2.05) is 118 Å². The molecule has 6 nitrogen and oxygen atoms in total. The molecule has 5 aromatic carbocycles. The van der Waals surface area contributed by atoms with E-state index in [1.165, 1.54) is 5.56 Å². The maximum atomic E-state index is 9.24. The van der Waals surface area contributed by atoms with Gasteiger partial charge in [0, 0.05) is 40.8 Å². The first-order valence-electron chi connectivity index (χ1n) is 23.0. The van der Waals surface area contributed by atoms with Gasteiger partial charge < -0.3 is 4.74 Å². The van der Waals surface area contributed by atoms with Gasteiger partial charge in [-0.1, -0.05) is 140 Å². The third kappa shape index (κ3) is 8.32. The highest BCUT2D eigenvalue weighted by Crippen LogP contribution is 2.38. The van der Waals surface area contributed by atoms with E-state index >= 15 is 0 Å². The van der Waals surface area contributed by atoms with Crippen LogP contribution in [0.5, 0.6) is 11.5 Å². The lowest BCUT2D eigenvalue weighted by molar-refractivity contribution is -0.572. The largest absolute Gasteiger partial charge is 0.458 e. The molecule has 0 N–H and O–H groups in total. The Morgan fingerprint density at radius 2 is 1.25 bits per heavy atom. The number of nitrogens with zero attached hydrogens (tertiary/aromatic N) is 5. The molecule has 6 heteroatoms. The third-order valence-corrected chi connectivity index (χ3v) is 10.6. The van der Waals surface area contributed by atoms with E-state index in [4.69, 9.17) is 14.7 Å². The van der Waals surface area contributed by atoms with E-state index < -0.39 is 23.6 Å². The second kappa shape index (κ2) is 15.2. The molecule has 306 valence electrons. The molecule has 0 bridgehead atoms. The molecule has 9 aromatic rings. The zero-order valence-corrected chi connectivity index (χ0v) is 36.5. The van der Waals surface area contributed by atoms with Crippen LogP contribution in [0.15, 0.2) is 146 Å². The van der Waals surface area contributed by atoms with Gasteiger partial charge in [-0.2, -0.15) is 0 Å². The van der Waals surface area contributed by atoms with Crippen LogP contribution in [0.1, 0.15) is 84.5 Å². The highest BCUT2D eigenvalue weighted by Gasteiger charge is 2.21. The monoisotopic (exact) mass is 805 g/mol. The van der Waals surface area contributed by atoms with Crippen molar-refractivity contribution in [2.45, 2.75) is 80.5 Å². The van der Waals surface area contributed by atoms with Gasteiger partial charge in [0.2, 0.25) is 0 Å². The summed E-state index contributed by atoms with van der Waals surface area (Å²) in [5.74, 6) is 2.62. The van der Waals surface area contributed by atoms with Crippen LogP contribution < -0.4 is 9.30 Å². The second-order valence-electron chi connectivity index (χ2n) is 19.0. The molecule has 4 aromatic heterocycles. The Morgan fingerprint density at radius 1 is 0.574 bits per heavy atom. The molecule has 0 aliphatic carbocycles. The van der Waals surface area contributed by atoms with Crippen LogP contribution in [0.3, 0.4) is 0 Å². The summed E-state index contributed by atoms with van der Waals surface area (Å²) in [6.45, 7) is 17.8. The van der Waals surface area contributed by atoms with Gasteiger partial charge in [0.05, 0.1) is 27.8 Å². The maximum absolute atomic E-state index is 9.24. The number of rotatable bonds is 8. The van der Waals surface area contributed by atoms with E-state index in [-0.39, 0.29) is 5.41 Å². The summed E-state index contributed by atoms with van der Waals surface area (Å²) in [4.78, 5) is 9.69. The number of fused-ring (bicyclic) bond motifs is 4. The standard InChI is InChI=1S/C55H55N5O/c1-53(2,3)34-37-27-38(35-54(4,5)6)29-42(28-37)58-36-59(49-18-14-13-17-48(49)58)51-33-44(24-26-56-51)61-43-20-21-45-46-30-40(39-15-11-10-12-16-39)19-22-47(46)60(50(45)32-43)52-31-41(23-25-57-52)55(7,8)9/h10-33H,34-35H2,1-9H3/i34D2,35D2. The molecule has 0 radical (unpaired) electrons. The van der Waals surface area contributed by atoms with Crippen molar-refractivity contribution in [3.8, 4) is 39.9 Å². The quantitative estimate of drug-likeness (QED) is 0.114. The number of benzene rings is 5. The number of ether oxygens (including phenoxy) is 1. The van der Waals surface area contributed by atoms with Crippen LogP contribution in [0.2, 0.25) is 0 Å². The van der Waals surface area contributed by atoms with Crippen LogP contribution in [-0.2, 0) is 18.2 Å². The number of aromatic nitrogens is 5. The van der Waals surface area contributed by atoms with Crippen molar-refractivity contribution in [1.29, 1.82) is 0 Å². The molecule has 0 saturated carbocycles. The molecule has 0 aliphatic rings. The molecular weight excluding hydrogens is 747 g/mol. The summed E-state index contributed by atoms with van der Waals surface area (Å²) in [6.07, 6.45) is 3.57. The van der Waals surface area contributed by atoms with Crippen molar-refractivity contribution in [2.24, 2.45) is 10.8 Å². The summed E-state index contributed by atoms with van der Waals surface area (Å²) >= 11 is 0. The van der Waals surface area contributed by atoms with E-state index in [1.54, 1.807) is 12.3 Å². The Bertz CT molecular complexity index is 3210. The van der Waals surface area contributed by atoms with Crippen LogP contribution in [0, 0.1) is 17.2 Å². The first kappa shape index (κ1) is 35.2. The smallest absolute Gasteiger partial charge is 0.271 e. The van der Waals surface area contributed by atoms with Crippen LogP contribution in [-0.4, -0.2) is 19.1 Å². The molecule has 0 amide bonds. The molecule has 0 unspecified atom stereocenters. The highest BCUT2D eigenvalue weighted by atomic mass is 16.5. The van der Waals surface area contributed by atoms with Gasteiger partial charge in [0.1, 0.15) is 17.3 Å². The number of imidazole rings is 1. The molecule has 0 saturated heterocycles. The van der Waals surface area contributed by atoms with Gasteiger partial charge in [-0.15, -0.1) is 0 Å². The number of hydrogen-bond acceptors (Lipinski definition) is 3. The number of hydrogen-bond donors (Lipinski definition) is 0. The van der Waals surface area contributed by atoms with Crippen molar-refractivity contribution in [1.82, 2.24) is 19.1 Å². The van der Waals surface area contributed by atoms with Crippen molar-refractivity contribution in [2.75, 3.05) is 0 Å². The summed E-state index contributed by atoms with van der Waals surface area (Å²) in [5.41, 5.74) is 6.93. The minimum Gasteiger partial charge on any atom is -0.458 e. The van der Waals surface area contributed by atoms with E-state index in [9.17, 15) is 5.48 Å². The average molecular weight is 806 g/mol. The van der Waals surface area contributed by atoms with Gasteiger partial charge in [0.25, 0.3) is 6.33 Å². The normalized spacial score (nSPS) is 13.9. The summed E-state index contributed by atoms with van der Waals surface area (Å²) in [7, 11) is 0. The van der Waals surface area contributed by atoms with Gasteiger partial charge in [-0.3, -0.25) is 18.7 Å². The Kier molecular flexibility index (Phi) is 8.77. The fourth-order valence-electron chi connectivity index (χ4n) is 8.02. The Balaban J connectivity index is 1.15. The van der Waals surface area contributed by atoms with E-state index in [0.717, 1.165) is 49.8 Å². The fraction of sp³-hybridized carbons (Fsp3) is 0.255. The van der Waals surface area contributed by atoms with E-state index in [2.05, 4.69) is 98.4 Å². The van der Waals surface area contributed by atoms with Crippen LogP contribution in [0.4, 0.5) is 0 Å². The van der Waals surface area contributed by atoms with Crippen molar-refractivity contribution in [3.63, 3.8) is 0 Å². The molecule has 4 heterocycles. The van der Waals surface area contributed by atoms with E-state index in [0.29, 0.717) is 34.1 Å². The molecule has 0 atom stereocenters. The molecule has 0 fully saturated rings. The summed E-state index contributed by atoms with van der Waals surface area (Å²) in [5, 5.41) is 2.20. The lowest BCUT2D eigenvalue weighted by Crippen LogP contribution is -2.30. The highest BCUT2D eigenvalue weighted by molar-refractivity contribution is 6.10. The molecular formula is C55H55N5O. The van der Waals surface area contributed by atoms with Crippen molar-refractivity contribution >= 4 is 32.8 Å². The SMILES string of the molecule is [2H]C([2H])(c1cc(-[n+]2[c-]n(-c3cc(Oc4ccc5c6cc(-c7ccccc7)ccc6n(-c6cc(C(C)(C)C)ccn6)c5c4)ccn3)c3ccccc32)cc(C([2H])([2H])C(C)(C)C)c1)C(C)(C)C. The fourth-order valence-corrected chi connectivity index (χ4v) is 8.02. The average Bonchev–Trinajstić information content (AvgIpc) is 3.81. The van der Waals surface area contributed by atoms with Crippen LogP contribution >= 0.6 is 0 Å². The van der Waals surface area contributed by atoms with Gasteiger partial charge in [0.15, 0.2) is 5.82 Å². The Labute approximate surface area is 365 Å². The second-order valence-corrected chi connectivity index (χ2v) is 19.0. The molecule has 9 rings (SSSR count). The lowest BCUT2D eigenvalue weighted by atomic mass is 9.84. The first-order valence-corrected chi connectivity index (χ1v) is 21.0. The Morgan fingerprint density at radius 3 is 1.97 bits per heavy atom. The number of para-hydroxylation sites is 2. The minimum absolute atomic E-state index is 0.0664. The van der Waals surface area contributed by atoms with Crippen LogP contribution in [0.25, 0.3) is 61.3 Å². The minimum atomic E-state index is -1.77. The summed E-state index contributed by atoms with van der Waals surface area (Å²) < 4.78 is 49.6. The Hall–Kier alpha value is -6.53. The maximum Gasteiger partial charge on any atom is 0.271 e. The predicted molar refractivity (Wildman–Crippen MR) is 251 cm³/mol. The van der Waals surface area contributed by atoms with Crippen molar-refractivity contribution < 1.29 is 14.8 Å². The topological polar surface area (TPSA) is 48.8 Å². The number of pyridine rings is 2. The molecule has 0 aliphatic heterocycles. The molecule has 0 spiro atoms. The lowest BCUT2D eigenvalue weighted by Gasteiger charge is -2.22. The zero-order valence-electron chi connectivity index (χ0n) is 40.5. The third-order valence-electron chi connectivity index (χ3n) is 10.6. The predicted octanol–water partition coefficient (Wildman–Crippen LogP) is 13.5. The van der Waals surface area contributed by atoms with Gasteiger partial charge in [-0.25, -0.2) is 4.98 Å². The van der Waals surface area contributed by atoms with Crippen molar-refractivity contribution in [3.05, 3.63) is 169 Å². The molecule has 61 heavy (non-hydrogen) atoms. The zero-order chi connectivity index (χ0) is 46.3. The van der Waals surface area contributed by atoms with Gasteiger partial charge in [-0.05, 0) is 100 Å².